The molecule has 0 bridgehead atoms. The Labute approximate surface area is 113 Å². The van der Waals surface area contributed by atoms with E-state index >= 15 is 0 Å². The number of carboxylic acids is 1. The quantitative estimate of drug-likeness (QED) is 0.697. The summed E-state index contributed by atoms with van der Waals surface area (Å²) in [5.41, 5.74) is 0. The Bertz CT molecular complexity index is 335. The average molecular weight is 272 g/mol. The molecule has 0 aromatic carbocycles. The van der Waals surface area contributed by atoms with E-state index in [0.717, 1.165) is 12.8 Å². The first kappa shape index (κ1) is 15.8. The molecule has 1 aliphatic rings. The maximum atomic E-state index is 12.0. The number of carboxylic acid groups (broad SMARTS) is 1. The Morgan fingerprint density at radius 1 is 1.42 bits per heavy atom. The molecule has 1 heterocycles. The molecule has 0 spiro atoms. The number of nitrogens with zero attached hydrogens (tertiary/aromatic N) is 1. The summed E-state index contributed by atoms with van der Waals surface area (Å²) in [7, 11) is 0. The van der Waals surface area contributed by atoms with Crippen molar-refractivity contribution >= 4 is 12.0 Å². The zero-order chi connectivity index (χ0) is 14.6. The lowest BCUT2D eigenvalue weighted by Crippen LogP contribution is -2.48. The van der Waals surface area contributed by atoms with Crippen LogP contribution in [-0.2, 0) is 4.79 Å². The lowest BCUT2D eigenvalue weighted by Gasteiger charge is -2.25. The number of carbonyl (C=O) groups excluding carboxylic acids is 1. The van der Waals surface area contributed by atoms with Gasteiger partial charge in [-0.15, -0.1) is 0 Å². The molecule has 0 aromatic rings. The van der Waals surface area contributed by atoms with E-state index in [1.165, 1.54) is 4.90 Å². The van der Waals surface area contributed by atoms with Crippen molar-refractivity contribution < 1.29 is 19.8 Å². The molecule has 0 aliphatic carbocycles. The minimum atomic E-state index is -1.07. The van der Waals surface area contributed by atoms with Crippen LogP contribution in [0.1, 0.15) is 40.0 Å². The van der Waals surface area contributed by atoms with E-state index in [0.29, 0.717) is 5.92 Å². The predicted molar refractivity (Wildman–Crippen MR) is 70.8 cm³/mol. The molecule has 6 nitrogen and oxygen atoms in total. The van der Waals surface area contributed by atoms with Crippen molar-refractivity contribution in [3.8, 4) is 0 Å². The Morgan fingerprint density at radius 2 is 2.05 bits per heavy atom. The van der Waals surface area contributed by atoms with E-state index in [2.05, 4.69) is 19.2 Å². The summed E-state index contributed by atoms with van der Waals surface area (Å²) in [4.78, 5) is 24.3. The van der Waals surface area contributed by atoms with Gasteiger partial charge in [0.2, 0.25) is 0 Å². The van der Waals surface area contributed by atoms with Gasteiger partial charge in [-0.1, -0.05) is 20.3 Å². The summed E-state index contributed by atoms with van der Waals surface area (Å²) in [6, 6.07) is -1.33. The summed E-state index contributed by atoms with van der Waals surface area (Å²) in [6.07, 6.45) is 1.25. The predicted octanol–water partition coefficient (Wildman–Crippen LogP) is 1.04. The zero-order valence-corrected chi connectivity index (χ0v) is 11.8. The lowest BCUT2D eigenvalue weighted by atomic mass is 10.0. The third-order valence-corrected chi connectivity index (χ3v) is 3.65. The third-order valence-electron chi connectivity index (χ3n) is 3.65. The molecule has 0 radical (unpaired) electrons. The normalized spacial score (nSPS) is 26.0. The van der Waals surface area contributed by atoms with Crippen LogP contribution in [0.3, 0.4) is 0 Å². The monoisotopic (exact) mass is 272 g/mol. The first-order chi connectivity index (χ1) is 8.85. The van der Waals surface area contributed by atoms with E-state index in [9.17, 15) is 14.7 Å². The number of likely N-dealkylation sites (tertiary alicyclic amines) is 1. The number of aliphatic hydroxyl groups excluding tert-OH is 1. The van der Waals surface area contributed by atoms with E-state index in [4.69, 9.17) is 5.11 Å². The van der Waals surface area contributed by atoms with E-state index in [1.807, 2.05) is 6.92 Å². The van der Waals surface area contributed by atoms with Crippen molar-refractivity contribution in [3.05, 3.63) is 0 Å². The fraction of sp³-hybridized carbons (Fsp3) is 0.846. The number of rotatable bonds is 5. The van der Waals surface area contributed by atoms with Crippen molar-refractivity contribution in [1.82, 2.24) is 10.2 Å². The average Bonchev–Trinajstić information content (AvgIpc) is 2.71. The number of aliphatic carboxylic acids is 1. The van der Waals surface area contributed by atoms with Crippen LogP contribution in [0.5, 0.6) is 0 Å². The maximum Gasteiger partial charge on any atom is 0.326 e. The van der Waals surface area contributed by atoms with Crippen LogP contribution in [-0.4, -0.2) is 51.8 Å². The van der Waals surface area contributed by atoms with Crippen molar-refractivity contribution in [2.45, 2.75) is 58.2 Å². The summed E-state index contributed by atoms with van der Waals surface area (Å²) in [5, 5.41) is 21.3. The highest BCUT2D eigenvalue weighted by Gasteiger charge is 2.39. The van der Waals surface area contributed by atoms with Crippen LogP contribution in [0.4, 0.5) is 4.79 Å². The molecule has 3 N–H and O–H groups in total. The van der Waals surface area contributed by atoms with E-state index in [-0.39, 0.29) is 19.0 Å². The summed E-state index contributed by atoms with van der Waals surface area (Å²) < 4.78 is 0. The number of hydrogen-bond acceptors (Lipinski definition) is 3. The number of aliphatic hydroxyl groups is 1. The van der Waals surface area contributed by atoms with Crippen molar-refractivity contribution in [3.63, 3.8) is 0 Å². The minimum Gasteiger partial charge on any atom is -0.480 e. The number of hydrogen-bond donors (Lipinski definition) is 3. The van der Waals surface area contributed by atoms with Crippen LogP contribution < -0.4 is 5.32 Å². The minimum absolute atomic E-state index is 0.00497. The first-order valence-electron chi connectivity index (χ1n) is 6.83. The van der Waals surface area contributed by atoms with Crippen molar-refractivity contribution in [1.29, 1.82) is 0 Å². The highest BCUT2D eigenvalue weighted by atomic mass is 16.4. The smallest absolute Gasteiger partial charge is 0.326 e. The topological polar surface area (TPSA) is 89.9 Å². The molecule has 19 heavy (non-hydrogen) atoms. The zero-order valence-electron chi connectivity index (χ0n) is 11.8. The molecule has 2 unspecified atom stereocenters. The molecule has 0 aromatic heterocycles. The van der Waals surface area contributed by atoms with Crippen molar-refractivity contribution in [2.24, 2.45) is 5.92 Å². The number of β-amino-alcohol motifs (C(OH)–C–C–N with tert-alkyl or cyclic N) is 1. The van der Waals surface area contributed by atoms with Crippen LogP contribution in [0.2, 0.25) is 0 Å². The maximum absolute atomic E-state index is 12.0. The second-order valence-electron chi connectivity index (χ2n) is 5.50. The van der Waals surface area contributed by atoms with Gasteiger partial charge in [0.05, 0.1) is 6.10 Å². The molecule has 1 fully saturated rings. The van der Waals surface area contributed by atoms with Gasteiger partial charge in [-0.05, 0) is 19.3 Å². The Balaban J connectivity index is 2.54. The summed E-state index contributed by atoms with van der Waals surface area (Å²) in [5.74, 6) is -0.559. The van der Waals surface area contributed by atoms with Gasteiger partial charge in [-0.3, -0.25) is 0 Å². The molecule has 0 saturated carbocycles. The molecule has 1 aliphatic heterocycles. The fourth-order valence-corrected chi connectivity index (χ4v) is 2.40. The van der Waals surface area contributed by atoms with Gasteiger partial charge in [0.15, 0.2) is 0 Å². The summed E-state index contributed by atoms with van der Waals surface area (Å²) >= 11 is 0. The van der Waals surface area contributed by atoms with Crippen LogP contribution >= 0.6 is 0 Å². The van der Waals surface area contributed by atoms with Gasteiger partial charge in [0, 0.05) is 19.0 Å². The largest absolute Gasteiger partial charge is 0.480 e. The third kappa shape index (κ3) is 4.38. The Morgan fingerprint density at radius 3 is 2.58 bits per heavy atom. The first-order valence-corrected chi connectivity index (χ1v) is 6.83. The van der Waals surface area contributed by atoms with Gasteiger partial charge < -0.3 is 20.4 Å². The molecule has 1 rings (SSSR count). The van der Waals surface area contributed by atoms with E-state index in [1.54, 1.807) is 0 Å². The molecule has 6 heteroatoms. The van der Waals surface area contributed by atoms with Crippen LogP contribution in [0.25, 0.3) is 0 Å². The molecule has 2 amide bonds. The molecular formula is C13H24N2O4. The van der Waals surface area contributed by atoms with Crippen LogP contribution in [0.15, 0.2) is 0 Å². The van der Waals surface area contributed by atoms with Gasteiger partial charge >= 0.3 is 12.0 Å². The molecule has 4 atom stereocenters. The standard InChI is InChI=1S/C13H24N2O4/c1-4-8(2)5-9(3)14-13(19)15-7-10(16)6-11(15)12(17)18/h8-11,16H,4-7H2,1-3H3,(H,14,19)(H,17,18)/t8?,9?,10-,11-/m0/s1. The summed E-state index contributed by atoms with van der Waals surface area (Å²) in [6.45, 7) is 6.20. The lowest BCUT2D eigenvalue weighted by molar-refractivity contribution is -0.141. The number of urea groups is 1. The fourth-order valence-electron chi connectivity index (χ4n) is 2.40. The highest BCUT2D eigenvalue weighted by Crippen LogP contribution is 2.18. The number of amides is 2. The van der Waals surface area contributed by atoms with Crippen molar-refractivity contribution in [2.75, 3.05) is 6.54 Å². The van der Waals surface area contributed by atoms with Gasteiger partial charge in [-0.2, -0.15) is 0 Å². The number of nitrogens with one attached hydrogen (secondary N) is 1. The van der Waals surface area contributed by atoms with Crippen LogP contribution in [0, 0.1) is 5.92 Å². The molecule has 1 saturated heterocycles. The SMILES string of the molecule is CCC(C)CC(C)NC(=O)N1C[C@@H](O)C[C@H]1C(=O)O. The Kier molecular flexibility index (Phi) is 5.60. The Hall–Kier alpha value is -1.30. The van der Waals surface area contributed by atoms with E-state index < -0.39 is 24.1 Å². The second-order valence-corrected chi connectivity index (χ2v) is 5.50. The number of carbonyl (C=O) groups is 2. The highest BCUT2D eigenvalue weighted by molar-refractivity contribution is 5.83. The molecular weight excluding hydrogens is 248 g/mol. The van der Waals surface area contributed by atoms with Gasteiger partial charge in [0.1, 0.15) is 6.04 Å². The second kappa shape index (κ2) is 6.75. The van der Waals surface area contributed by atoms with Gasteiger partial charge in [0.25, 0.3) is 0 Å². The van der Waals surface area contributed by atoms with Gasteiger partial charge in [-0.25, -0.2) is 9.59 Å². The molecule has 110 valence electrons.